The maximum atomic E-state index is 12.2. The number of rotatable bonds is 10. The minimum atomic E-state index is -1.08. The molecule has 0 fully saturated rings. The third-order valence-electron chi connectivity index (χ3n) is 7.62. The Kier molecular flexibility index (Phi) is 13.3. The second-order valence-electron chi connectivity index (χ2n) is 10.9. The van der Waals surface area contributed by atoms with Crippen LogP contribution in [0, 0.1) is 0 Å². The molecule has 2 amide bonds. The number of aromatic amines is 2. The summed E-state index contributed by atoms with van der Waals surface area (Å²) in [5.74, 6) is -3.05. The van der Waals surface area contributed by atoms with E-state index in [9.17, 15) is 29.4 Å². The van der Waals surface area contributed by atoms with Gasteiger partial charge in [0.25, 0.3) is 11.8 Å². The summed E-state index contributed by atoms with van der Waals surface area (Å²) in [6.07, 6.45) is 3.93. The molecule has 10 nitrogen and oxygen atoms in total. The van der Waals surface area contributed by atoms with E-state index >= 15 is 0 Å². The normalized spacial score (nSPS) is 11.8. The van der Waals surface area contributed by atoms with Crippen molar-refractivity contribution >= 4 is 106 Å². The Hall–Kier alpha value is -4.32. The van der Waals surface area contributed by atoms with Crippen LogP contribution < -0.4 is 10.6 Å². The molecule has 2 atom stereocenters. The molecule has 2 radical (unpaired) electrons. The molecule has 0 bridgehead atoms. The minimum Gasteiger partial charge on any atom is -0.480 e. The Morgan fingerprint density at radius 2 is 0.918 bits per heavy atom. The largest absolute Gasteiger partial charge is 0.480 e. The quantitative estimate of drug-likeness (QED) is 0.0933. The zero-order valence-electron chi connectivity index (χ0n) is 26.0. The van der Waals surface area contributed by atoms with Gasteiger partial charge in [-0.3, -0.25) is 9.59 Å². The number of carboxylic acid groups (broad SMARTS) is 2. The standard InChI is InChI=1S/2C18H15ClN2O3.Ca/c2*19-13-7-5-11(6-8-13)17(22)21-16(18(23)24)9-12-10-20-15-4-2-1-3-14(12)15;/h2*1-8,10,16,20H,9H2,(H,21,22)(H,23,24);. The van der Waals surface area contributed by atoms with Crippen molar-refractivity contribution in [3.05, 3.63) is 142 Å². The van der Waals surface area contributed by atoms with Gasteiger partial charge in [-0.05, 0) is 71.8 Å². The van der Waals surface area contributed by atoms with E-state index in [0.29, 0.717) is 21.2 Å². The van der Waals surface area contributed by atoms with Gasteiger partial charge in [-0.2, -0.15) is 0 Å². The number of halogens is 2. The van der Waals surface area contributed by atoms with Crippen molar-refractivity contribution in [1.29, 1.82) is 0 Å². The predicted molar refractivity (Wildman–Crippen MR) is 190 cm³/mol. The maximum absolute atomic E-state index is 12.2. The molecule has 0 aliphatic rings. The molecule has 6 aromatic rings. The van der Waals surface area contributed by atoms with E-state index in [2.05, 4.69) is 20.6 Å². The number of hydrogen-bond acceptors (Lipinski definition) is 4. The smallest absolute Gasteiger partial charge is 0.326 e. The second kappa shape index (κ2) is 17.4. The minimum absolute atomic E-state index is 0. The zero-order valence-corrected chi connectivity index (χ0v) is 29.7. The van der Waals surface area contributed by atoms with Crippen LogP contribution in [0.1, 0.15) is 31.8 Å². The molecule has 6 rings (SSSR count). The van der Waals surface area contributed by atoms with E-state index in [0.717, 1.165) is 32.9 Å². The Labute approximate surface area is 320 Å². The number of aliphatic carboxylic acids is 2. The van der Waals surface area contributed by atoms with Crippen LogP contribution in [-0.2, 0) is 22.4 Å². The molecule has 6 N–H and O–H groups in total. The predicted octanol–water partition coefficient (Wildman–Crippen LogP) is 6.11. The van der Waals surface area contributed by atoms with Crippen molar-refractivity contribution in [2.75, 3.05) is 0 Å². The molecule has 13 heteroatoms. The van der Waals surface area contributed by atoms with Gasteiger partial charge in [0.05, 0.1) is 0 Å². The summed E-state index contributed by atoms with van der Waals surface area (Å²) in [5.41, 5.74) is 4.28. The van der Waals surface area contributed by atoms with Crippen molar-refractivity contribution in [2.24, 2.45) is 0 Å². The van der Waals surface area contributed by atoms with Crippen LogP contribution in [0.2, 0.25) is 10.0 Å². The van der Waals surface area contributed by atoms with Gasteiger partial charge < -0.3 is 30.8 Å². The Morgan fingerprint density at radius 1 is 0.571 bits per heavy atom. The summed E-state index contributed by atoms with van der Waals surface area (Å²) >= 11 is 11.6. The van der Waals surface area contributed by atoms with Gasteiger partial charge in [-0.1, -0.05) is 59.6 Å². The van der Waals surface area contributed by atoms with Gasteiger partial charge in [0.1, 0.15) is 12.1 Å². The summed E-state index contributed by atoms with van der Waals surface area (Å²) in [7, 11) is 0. The Bertz CT molecular complexity index is 1930. The molecular weight excluding hydrogens is 695 g/mol. The molecule has 0 saturated heterocycles. The molecule has 49 heavy (non-hydrogen) atoms. The van der Waals surface area contributed by atoms with E-state index in [1.165, 1.54) is 0 Å². The number of hydrogen-bond donors (Lipinski definition) is 6. The summed E-state index contributed by atoms with van der Waals surface area (Å²) in [5, 5.41) is 26.9. The van der Waals surface area contributed by atoms with Crippen LogP contribution in [0.4, 0.5) is 0 Å². The number of fused-ring (bicyclic) bond motifs is 2. The van der Waals surface area contributed by atoms with Gasteiger partial charge in [0.15, 0.2) is 0 Å². The SMILES string of the molecule is O=C(NC(Cc1c[nH]c2ccccc12)C(=O)O)c1ccc(Cl)cc1.O=C(NC(Cc1c[nH]c2ccccc12)C(=O)O)c1ccc(Cl)cc1.[Ca]. The molecular formula is C36H30CaCl2N4O6. The Balaban J connectivity index is 0.000000216. The van der Waals surface area contributed by atoms with E-state index in [-0.39, 0.29) is 50.6 Å². The Morgan fingerprint density at radius 3 is 1.27 bits per heavy atom. The van der Waals surface area contributed by atoms with Crippen LogP contribution in [0.3, 0.4) is 0 Å². The number of aromatic nitrogens is 2. The number of carbonyl (C=O) groups is 4. The van der Waals surface area contributed by atoms with Crippen LogP contribution in [0.15, 0.2) is 109 Å². The van der Waals surface area contributed by atoms with Crippen LogP contribution in [0.25, 0.3) is 21.8 Å². The van der Waals surface area contributed by atoms with Gasteiger partial charge in [-0.25, -0.2) is 9.59 Å². The van der Waals surface area contributed by atoms with E-state index in [1.807, 2.05) is 48.5 Å². The first-order valence-electron chi connectivity index (χ1n) is 14.8. The summed E-state index contributed by atoms with van der Waals surface area (Å²) in [4.78, 5) is 53.8. The molecule has 0 saturated carbocycles. The van der Waals surface area contributed by atoms with Crippen molar-refractivity contribution < 1.29 is 29.4 Å². The second-order valence-corrected chi connectivity index (χ2v) is 11.7. The monoisotopic (exact) mass is 724 g/mol. The first-order chi connectivity index (χ1) is 23.1. The molecule has 0 spiro atoms. The van der Waals surface area contributed by atoms with Crippen LogP contribution in [-0.4, -0.2) is 93.8 Å². The fourth-order valence-electron chi connectivity index (χ4n) is 5.13. The van der Waals surface area contributed by atoms with Crippen molar-refractivity contribution in [3.63, 3.8) is 0 Å². The number of H-pyrrole nitrogens is 2. The number of benzene rings is 4. The fraction of sp³-hybridized carbons (Fsp3) is 0.111. The van der Waals surface area contributed by atoms with Crippen molar-refractivity contribution in [3.8, 4) is 0 Å². The van der Waals surface area contributed by atoms with E-state index in [1.54, 1.807) is 60.9 Å². The summed E-state index contributed by atoms with van der Waals surface area (Å²) in [6.45, 7) is 0. The molecule has 0 aliphatic heterocycles. The van der Waals surface area contributed by atoms with Crippen molar-refractivity contribution in [1.82, 2.24) is 20.6 Å². The fourth-order valence-corrected chi connectivity index (χ4v) is 5.38. The summed E-state index contributed by atoms with van der Waals surface area (Å²) < 4.78 is 0. The van der Waals surface area contributed by atoms with Gasteiger partial charge in [0.2, 0.25) is 0 Å². The van der Waals surface area contributed by atoms with Gasteiger partial charge in [-0.15, -0.1) is 0 Å². The average Bonchev–Trinajstić information content (AvgIpc) is 3.69. The maximum Gasteiger partial charge on any atom is 0.326 e. The molecule has 0 aliphatic carbocycles. The zero-order chi connectivity index (χ0) is 34.2. The number of carboxylic acids is 2. The first kappa shape index (κ1) is 37.5. The molecule has 2 heterocycles. The van der Waals surface area contributed by atoms with E-state index in [4.69, 9.17) is 23.2 Å². The van der Waals surface area contributed by atoms with E-state index < -0.39 is 35.8 Å². The molecule has 246 valence electrons. The van der Waals surface area contributed by atoms with Gasteiger partial charge >= 0.3 is 11.9 Å². The number of amides is 2. The molecule has 2 unspecified atom stereocenters. The number of para-hydroxylation sites is 2. The summed E-state index contributed by atoms with van der Waals surface area (Å²) in [6, 6.07) is 25.8. The molecule has 4 aromatic carbocycles. The third kappa shape index (κ3) is 9.87. The topological polar surface area (TPSA) is 164 Å². The molecule has 2 aromatic heterocycles. The average molecular weight is 726 g/mol. The van der Waals surface area contributed by atoms with Crippen LogP contribution >= 0.6 is 23.2 Å². The van der Waals surface area contributed by atoms with Gasteiger partial charge in [0, 0.05) is 106 Å². The number of nitrogens with one attached hydrogen (secondary N) is 4. The first-order valence-corrected chi connectivity index (χ1v) is 15.5. The van der Waals surface area contributed by atoms with Crippen molar-refractivity contribution in [2.45, 2.75) is 24.9 Å². The number of carbonyl (C=O) groups excluding carboxylic acids is 2. The third-order valence-corrected chi connectivity index (χ3v) is 8.12. The van der Waals surface area contributed by atoms with Crippen LogP contribution in [0.5, 0.6) is 0 Å².